The molecule has 0 bridgehead atoms. The molecule has 0 aromatic heterocycles. The first-order valence-corrected chi connectivity index (χ1v) is 9.02. The Balaban J connectivity index is 1.84. The summed E-state index contributed by atoms with van der Waals surface area (Å²) >= 11 is 0. The Bertz CT molecular complexity index is 345. The molecule has 0 saturated carbocycles. The average Bonchev–Trinajstić information content (AvgIpc) is 3.08. The van der Waals surface area contributed by atoms with Gasteiger partial charge < -0.3 is 9.64 Å². The van der Waals surface area contributed by atoms with Crippen LogP contribution in [0.3, 0.4) is 0 Å². The number of hydrogen-bond donors (Lipinski definition) is 0. The number of hydrogen-bond acceptors (Lipinski definition) is 4. The van der Waals surface area contributed by atoms with Gasteiger partial charge in [-0.25, -0.2) is 0 Å². The van der Waals surface area contributed by atoms with Gasteiger partial charge in [-0.3, -0.25) is 14.6 Å². The quantitative estimate of drug-likeness (QED) is 0.667. The molecule has 5 nitrogen and oxygen atoms in total. The van der Waals surface area contributed by atoms with Crippen molar-refractivity contribution in [2.45, 2.75) is 52.1 Å². The minimum Gasteiger partial charge on any atom is -0.380 e. The van der Waals surface area contributed by atoms with Crippen molar-refractivity contribution in [1.82, 2.24) is 14.7 Å². The summed E-state index contributed by atoms with van der Waals surface area (Å²) in [5.74, 6) is 0.329. The number of likely N-dealkylation sites (tertiary alicyclic amines) is 1. The lowest BCUT2D eigenvalue weighted by Gasteiger charge is -2.43. The summed E-state index contributed by atoms with van der Waals surface area (Å²) in [5, 5.41) is 0. The normalized spacial score (nSPS) is 25.6. The van der Waals surface area contributed by atoms with Gasteiger partial charge in [0.2, 0.25) is 5.91 Å². The maximum atomic E-state index is 12.6. The fourth-order valence-corrected chi connectivity index (χ4v) is 3.63. The molecule has 2 saturated heterocycles. The predicted molar refractivity (Wildman–Crippen MR) is 89.0 cm³/mol. The molecule has 5 heteroatoms. The highest BCUT2D eigenvalue weighted by Gasteiger charge is 2.33. The van der Waals surface area contributed by atoms with Crippen LogP contribution in [-0.4, -0.2) is 85.2 Å². The molecule has 0 aliphatic carbocycles. The minimum atomic E-state index is 0.0289. The fourth-order valence-electron chi connectivity index (χ4n) is 3.63. The van der Waals surface area contributed by atoms with E-state index in [0.29, 0.717) is 11.9 Å². The lowest BCUT2D eigenvalue weighted by atomic mass is 10.1. The molecule has 0 N–H and O–H groups in total. The summed E-state index contributed by atoms with van der Waals surface area (Å²) in [6, 6.07) is 0.573. The summed E-state index contributed by atoms with van der Waals surface area (Å²) in [7, 11) is 0. The first kappa shape index (κ1) is 17.7. The molecule has 0 aromatic rings. The Morgan fingerprint density at radius 1 is 1.18 bits per heavy atom. The van der Waals surface area contributed by atoms with Crippen LogP contribution < -0.4 is 0 Å². The highest BCUT2D eigenvalue weighted by molar-refractivity contribution is 5.81. The molecule has 0 radical (unpaired) electrons. The molecule has 2 aliphatic heterocycles. The Morgan fingerprint density at radius 2 is 1.91 bits per heavy atom. The van der Waals surface area contributed by atoms with E-state index in [1.165, 1.54) is 12.8 Å². The van der Waals surface area contributed by atoms with Crippen LogP contribution in [0.2, 0.25) is 0 Å². The summed E-state index contributed by atoms with van der Waals surface area (Å²) in [5.41, 5.74) is 0. The second kappa shape index (κ2) is 8.85. The molecule has 2 atom stereocenters. The number of piperazine rings is 1. The van der Waals surface area contributed by atoms with Gasteiger partial charge in [0.05, 0.1) is 12.6 Å². The molecule has 1 amide bonds. The van der Waals surface area contributed by atoms with Gasteiger partial charge in [0, 0.05) is 51.9 Å². The monoisotopic (exact) mass is 311 g/mol. The Kier molecular flexibility index (Phi) is 7.12. The largest absolute Gasteiger partial charge is 0.380 e. The van der Waals surface area contributed by atoms with Crippen LogP contribution in [0, 0.1) is 0 Å². The van der Waals surface area contributed by atoms with Gasteiger partial charge in [-0.05, 0) is 33.1 Å². The summed E-state index contributed by atoms with van der Waals surface area (Å²) < 4.78 is 5.49. The van der Waals surface area contributed by atoms with Gasteiger partial charge in [-0.1, -0.05) is 6.92 Å². The highest BCUT2D eigenvalue weighted by Crippen LogP contribution is 2.18. The van der Waals surface area contributed by atoms with Crippen molar-refractivity contribution in [3.63, 3.8) is 0 Å². The Hall–Kier alpha value is -0.650. The topological polar surface area (TPSA) is 36.0 Å². The zero-order valence-electron chi connectivity index (χ0n) is 14.6. The van der Waals surface area contributed by atoms with E-state index >= 15 is 0 Å². The van der Waals surface area contributed by atoms with E-state index in [1.54, 1.807) is 0 Å². The van der Waals surface area contributed by atoms with Crippen molar-refractivity contribution < 1.29 is 9.53 Å². The zero-order valence-corrected chi connectivity index (χ0v) is 14.6. The van der Waals surface area contributed by atoms with E-state index in [4.69, 9.17) is 4.74 Å². The van der Waals surface area contributed by atoms with Crippen LogP contribution >= 0.6 is 0 Å². The van der Waals surface area contributed by atoms with Crippen LogP contribution in [0.1, 0.15) is 40.0 Å². The van der Waals surface area contributed by atoms with Crippen molar-refractivity contribution in [3.8, 4) is 0 Å². The Morgan fingerprint density at radius 3 is 2.55 bits per heavy atom. The SMILES string of the molecule is CCOCCN1CCN([C@@H](C)C(=O)N2CCCC2)C[C@@H]1CC. The van der Waals surface area contributed by atoms with Gasteiger partial charge in [-0.2, -0.15) is 0 Å². The van der Waals surface area contributed by atoms with Crippen molar-refractivity contribution in [1.29, 1.82) is 0 Å². The van der Waals surface area contributed by atoms with Gasteiger partial charge in [0.15, 0.2) is 0 Å². The number of nitrogens with zero attached hydrogens (tertiary/aromatic N) is 3. The molecule has 128 valence electrons. The number of ether oxygens (including phenoxy) is 1. The first-order valence-electron chi connectivity index (χ1n) is 9.02. The molecule has 0 spiro atoms. The second-order valence-corrected chi connectivity index (χ2v) is 6.50. The van der Waals surface area contributed by atoms with Crippen LogP contribution in [0.25, 0.3) is 0 Å². The van der Waals surface area contributed by atoms with Gasteiger partial charge >= 0.3 is 0 Å². The molecular formula is C17H33N3O2. The van der Waals surface area contributed by atoms with E-state index < -0.39 is 0 Å². The molecule has 0 aromatic carbocycles. The third-order valence-corrected chi connectivity index (χ3v) is 5.16. The second-order valence-electron chi connectivity index (χ2n) is 6.50. The van der Waals surface area contributed by atoms with E-state index in [0.717, 1.165) is 58.9 Å². The van der Waals surface area contributed by atoms with Crippen molar-refractivity contribution in [2.75, 3.05) is 52.5 Å². The fraction of sp³-hybridized carbons (Fsp3) is 0.941. The van der Waals surface area contributed by atoms with Crippen LogP contribution in [0.4, 0.5) is 0 Å². The number of carbonyl (C=O) groups excluding carboxylic acids is 1. The molecule has 2 rings (SSSR count). The van der Waals surface area contributed by atoms with Crippen molar-refractivity contribution in [3.05, 3.63) is 0 Å². The van der Waals surface area contributed by atoms with Gasteiger partial charge in [0.1, 0.15) is 0 Å². The van der Waals surface area contributed by atoms with E-state index in [-0.39, 0.29) is 6.04 Å². The van der Waals surface area contributed by atoms with Crippen LogP contribution in [-0.2, 0) is 9.53 Å². The molecular weight excluding hydrogens is 278 g/mol. The lowest BCUT2D eigenvalue weighted by molar-refractivity contribution is -0.136. The maximum Gasteiger partial charge on any atom is 0.239 e. The van der Waals surface area contributed by atoms with Crippen LogP contribution in [0.5, 0.6) is 0 Å². The summed E-state index contributed by atoms with van der Waals surface area (Å²) in [4.78, 5) is 19.5. The standard InChI is InChI=1S/C17H33N3O2/c1-4-16-14-20(11-10-18(16)12-13-22-5-2)15(3)17(21)19-8-6-7-9-19/h15-16H,4-14H2,1-3H3/t15-,16-/m0/s1. The first-order chi connectivity index (χ1) is 10.7. The lowest BCUT2D eigenvalue weighted by Crippen LogP contribution is -2.58. The van der Waals surface area contributed by atoms with Gasteiger partial charge in [0.25, 0.3) is 0 Å². The maximum absolute atomic E-state index is 12.6. The third kappa shape index (κ3) is 4.43. The summed E-state index contributed by atoms with van der Waals surface area (Å²) in [6.45, 7) is 13.9. The average molecular weight is 311 g/mol. The molecule has 2 heterocycles. The zero-order chi connectivity index (χ0) is 15.9. The number of amides is 1. The van der Waals surface area contributed by atoms with Crippen molar-refractivity contribution in [2.24, 2.45) is 0 Å². The highest BCUT2D eigenvalue weighted by atomic mass is 16.5. The van der Waals surface area contributed by atoms with E-state index in [9.17, 15) is 4.79 Å². The molecule has 0 unspecified atom stereocenters. The smallest absolute Gasteiger partial charge is 0.239 e. The van der Waals surface area contributed by atoms with Crippen LogP contribution in [0.15, 0.2) is 0 Å². The number of carbonyl (C=O) groups is 1. The third-order valence-electron chi connectivity index (χ3n) is 5.16. The molecule has 22 heavy (non-hydrogen) atoms. The molecule has 2 fully saturated rings. The number of rotatable bonds is 7. The Labute approximate surface area is 135 Å². The predicted octanol–water partition coefficient (Wildman–Crippen LogP) is 1.43. The van der Waals surface area contributed by atoms with E-state index in [2.05, 4.69) is 23.6 Å². The van der Waals surface area contributed by atoms with E-state index in [1.807, 2.05) is 11.8 Å². The van der Waals surface area contributed by atoms with Crippen molar-refractivity contribution >= 4 is 5.91 Å². The van der Waals surface area contributed by atoms with Gasteiger partial charge in [-0.15, -0.1) is 0 Å². The summed E-state index contributed by atoms with van der Waals surface area (Å²) in [6.07, 6.45) is 3.47. The molecule has 2 aliphatic rings. The minimum absolute atomic E-state index is 0.0289.